The van der Waals surface area contributed by atoms with Crippen molar-refractivity contribution >= 4 is 11.9 Å². The van der Waals surface area contributed by atoms with Gasteiger partial charge in [0.2, 0.25) is 0 Å². The number of rotatable bonds is 2. The fourth-order valence-corrected chi connectivity index (χ4v) is 0.319. The maximum atomic E-state index is 10.4. The summed E-state index contributed by atoms with van der Waals surface area (Å²) in [6, 6.07) is 0. The lowest BCUT2D eigenvalue weighted by Gasteiger charge is -1.95. The number of carbonyl (C=O) groups excluding carboxylic acids is 2. The zero-order valence-electron chi connectivity index (χ0n) is 5.72. The molecule has 0 rings (SSSR count). The van der Waals surface area contributed by atoms with Crippen molar-refractivity contribution in [3.8, 4) is 12.3 Å². The van der Waals surface area contributed by atoms with Gasteiger partial charge in [0, 0.05) is 6.42 Å². The Balaban J connectivity index is 3.60. The Hall–Kier alpha value is -1.30. The van der Waals surface area contributed by atoms with E-state index in [1.54, 1.807) is 6.92 Å². The van der Waals surface area contributed by atoms with Crippen LogP contribution in [0.3, 0.4) is 0 Å². The molecule has 0 bridgehead atoms. The summed E-state index contributed by atoms with van der Waals surface area (Å²) in [5.41, 5.74) is 0. The summed E-state index contributed by atoms with van der Waals surface area (Å²) < 4.78 is 4.22. The summed E-state index contributed by atoms with van der Waals surface area (Å²) in [5, 5.41) is 0. The SMILES string of the molecule is C#CCC(=O)OC(=O)CC. The van der Waals surface area contributed by atoms with Gasteiger partial charge in [-0.05, 0) is 0 Å². The van der Waals surface area contributed by atoms with E-state index < -0.39 is 11.9 Å². The number of carbonyl (C=O) groups is 2. The largest absolute Gasteiger partial charge is 0.392 e. The fraction of sp³-hybridized carbons (Fsp3) is 0.429. The Bertz CT molecular complexity index is 176. The first-order valence-corrected chi connectivity index (χ1v) is 2.87. The molecule has 54 valence electrons. The van der Waals surface area contributed by atoms with Gasteiger partial charge in [-0.15, -0.1) is 6.42 Å². The summed E-state index contributed by atoms with van der Waals surface area (Å²) in [5.74, 6) is 0.871. The molecule has 0 aliphatic rings. The summed E-state index contributed by atoms with van der Waals surface area (Å²) in [6.07, 6.45) is 4.83. The van der Waals surface area contributed by atoms with Gasteiger partial charge in [0.25, 0.3) is 0 Å². The van der Waals surface area contributed by atoms with E-state index in [0.717, 1.165) is 0 Å². The van der Waals surface area contributed by atoms with Crippen molar-refractivity contribution in [2.24, 2.45) is 0 Å². The molecule has 0 fully saturated rings. The van der Waals surface area contributed by atoms with Crippen LogP contribution in [0.1, 0.15) is 19.8 Å². The maximum absolute atomic E-state index is 10.4. The summed E-state index contributed by atoms with van der Waals surface area (Å²) >= 11 is 0. The highest BCUT2D eigenvalue weighted by Crippen LogP contribution is 1.88. The van der Waals surface area contributed by atoms with Crippen molar-refractivity contribution in [1.82, 2.24) is 0 Å². The third-order valence-electron chi connectivity index (χ3n) is 0.763. The minimum atomic E-state index is -0.658. The second-order valence-electron chi connectivity index (χ2n) is 1.58. The van der Waals surface area contributed by atoms with Crippen LogP contribution in [0.25, 0.3) is 0 Å². The molecule has 3 nitrogen and oxygen atoms in total. The second-order valence-corrected chi connectivity index (χ2v) is 1.58. The summed E-state index contributed by atoms with van der Waals surface area (Å²) in [7, 11) is 0. The summed E-state index contributed by atoms with van der Waals surface area (Å²) in [4.78, 5) is 20.8. The molecule has 0 heterocycles. The van der Waals surface area contributed by atoms with Crippen LogP contribution in [0, 0.1) is 12.3 Å². The van der Waals surface area contributed by atoms with Gasteiger partial charge in [-0.2, -0.15) is 0 Å². The van der Waals surface area contributed by atoms with Gasteiger partial charge >= 0.3 is 11.9 Å². The third-order valence-corrected chi connectivity index (χ3v) is 0.763. The lowest BCUT2D eigenvalue weighted by molar-refractivity contribution is -0.158. The van der Waals surface area contributed by atoms with Crippen LogP contribution in [-0.2, 0) is 14.3 Å². The number of esters is 2. The number of terminal acetylenes is 1. The molecule has 0 N–H and O–H groups in total. The number of ether oxygens (including phenoxy) is 1. The molecule has 0 aromatic rings. The summed E-state index contributed by atoms with van der Waals surface area (Å²) in [6.45, 7) is 1.60. The Morgan fingerprint density at radius 1 is 1.50 bits per heavy atom. The van der Waals surface area contributed by atoms with Gasteiger partial charge in [-0.25, -0.2) is 0 Å². The molecule has 0 amide bonds. The molecule has 0 spiro atoms. The van der Waals surface area contributed by atoms with Gasteiger partial charge < -0.3 is 4.74 Å². The van der Waals surface area contributed by atoms with E-state index in [0.29, 0.717) is 0 Å². The monoisotopic (exact) mass is 140 g/mol. The molecule has 0 aliphatic carbocycles. The van der Waals surface area contributed by atoms with Crippen LogP contribution in [0.15, 0.2) is 0 Å². The first-order valence-electron chi connectivity index (χ1n) is 2.87. The first-order chi connectivity index (χ1) is 4.70. The van der Waals surface area contributed by atoms with Gasteiger partial charge in [0.15, 0.2) is 0 Å². The molecule has 0 saturated heterocycles. The molecule has 10 heavy (non-hydrogen) atoms. The Morgan fingerprint density at radius 2 is 2.10 bits per heavy atom. The number of hydrogen-bond acceptors (Lipinski definition) is 3. The highest BCUT2D eigenvalue weighted by molar-refractivity contribution is 5.86. The van der Waals surface area contributed by atoms with E-state index in [4.69, 9.17) is 6.42 Å². The van der Waals surface area contributed by atoms with Crippen LogP contribution in [0.2, 0.25) is 0 Å². The first kappa shape index (κ1) is 8.70. The topological polar surface area (TPSA) is 43.4 Å². The molecule has 0 radical (unpaired) electrons. The van der Waals surface area contributed by atoms with E-state index in [1.807, 2.05) is 0 Å². The molecule has 0 aliphatic heterocycles. The van der Waals surface area contributed by atoms with Crippen molar-refractivity contribution in [1.29, 1.82) is 0 Å². The van der Waals surface area contributed by atoms with Crippen LogP contribution < -0.4 is 0 Å². The average molecular weight is 140 g/mol. The molecule has 0 aromatic carbocycles. The fourth-order valence-electron chi connectivity index (χ4n) is 0.319. The van der Waals surface area contributed by atoms with Gasteiger partial charge in [0.1, 0.15) is 6.42 Å². The average Bonchev–Trinajstić information content (AvgIpc) is 1.88. The van der Waals surface area contributed by atoms with Crippen LogP contribution in [0.5, 0.6) is 0 Å². The van der Waals surface area contributed by atoms with E-state index in [-0.39, 0.29) is 12.8 Å². The van der Waals surface area contributed by atoms with Gasteiger partial charge in [-0.1, -0.05) is 12.8 Å². The van der Waals surface area contributed by atoms with Crippen LogP contribution in [-0.4, -0.2) is 11.9 Å². The highest BCUT2D eigenvalue weighted by atomic mass is 16.6. The zero-order valence-corrected chi connectivity index (χ0v) is 5.72. The van der Waals surface area contributed by atoms with E-state index in [9.17, 15) is 9.59 Å². The van der Waals surface area contributed by atoms with E-state index in [2.05, 4.69) is 10.7 Å². The van der Waals surface area contributed by atoms with Crippen molar-refractivity contribution in [2.45, 2.75) is 19.8 Å². The molecule has 0 unspecified atom stereocenters. The second kappa shape index (κ2) is 4.57. The molecular weight excluding hydrogens is 132 g/mol. The van der Waals surface area contributed by atoms with E-state index >= 15 is 0 Å². The Morgan fingerprint density at radius 3 is 2.50 bits per heavy atom. The molecule has 3 heteroatoms. The van der Waals surface area contributed by atoms with Crippen molar-refractivity contribution in [3.05, 3.63) is 0 Å². The maximum Gasteiger partial charge on any atom is 0.325 e. The predicted molar refractivity (Wildman–Crippen MR) is 34.8 cm³/mol. The predicted octanol–water partition coefficient (Wildman–Crippen LogP) is 0.490. The quantitative estimate of drug-likeness (QED) is 0.318. The molecule has 0 aromatic heterocycles. The lowest BCUT2D eigenvalue weighted by atomic mass is 10.4. The normalized spacial score (nSPS) is 8.00. The number of hydrogen-bond donors (Lipinski definition) is 0. The van der Waals surface area contributed by atoms with Crippen molar-refractivity contribution in [2.75, 3.05) is 0 Å². The third kappa shape index (κ3) is 3.67. The van der Waals surface area contributed by atoms with Crippen molar-refractivity contribution < 1.29 is 14.3 Å². The Kier molecular flexibility index (Phi) is 3.97. The Labute approximate surface area is 59.4 Å². The highest BCUT2D eigenvalue weighted by Gasteiger charge is 2.04. The lowest BCUT2D eigenvalue weighted by Crippen LogP contribution is -2.09. The minimum absolute atomic E-state index is 0.147. The van der Waals surface area contributed by atoms with Gasteiger partial charge in [-0.3, -0.25) is 9.59 Å². The molecular formula is C7H8O3. The zero-order chi connectivity index (χ0) is 7.98. The van der Waals surface area contributed by atoms with E-state index in [1.165, 1.54) is 0 Å². The smallest absolute Gasteiger partial charge is 0.325 e. The van der Waals surface area contributed by atoms with Gasteiger partial charge in [0.05, 0.1) is 0 Å². The minimum Gasteiger partial charge on any atom is -0.392 e. The van der Waals surface area contributed by atoms with Crippen LogP contribution >= 0.6 is 0 Å². The molecule has 0 saturated carbocycles. The van der Waals surface area contributed by atoms with Crippen LogP contribution in [0.4, 0.5) is 0 Å². The standard InChI is InChI=1S/C7H8O3/c1-3-5-7(9)10-6(8)4-2/h1H,4-5H2,2H3. The molecule has 0 atom stereocenters. The van der Waals surface area contributed by atoms with Crippen molar-refractivity contribution in [3.63, 3.8) is 0 Å².